The molecule has 0 aromatic heterocycles. The topological polar surface area (TPSA) is 70.5 Å². The van der Waals surface area contributed by atoms with Crippen LogP contribution in [0.4, 0.5) is 0 Å². The van der Waals surface area contributed by atoms with Gasteiger partial charge in [-0.15, -0.1) is 0 Å². The monoisotopic (exact) mass is 328 g/mol. The summed E-state index contributed by atoms with van der Waals surface area (Å²) in [6, 6.07) is 14.4. The average Bonchev–Trinajstić information content (AvgIpc) is 2.63. The average molecular weight is 328 g/mol. The maximum atomic E-state index is 5.98. The molecule has 24 heavy (non-hydrogen) atoms. The van der Waals surface area contributed by atoms with E-state index in [1.54, 1.807) is 7.11 Å². The molecule has 130 valence electrons. The van der Waals surface area contributed by atoms with Crippen molar-refractivity contribution in [2.75, 3.05) is 20.2 Å². The van der Waals surface area contributed by atoms with E-state index in [4.69, 9.17) is 20.9 Å². The van der Waals surface area contributed by atoms with Gasteiger partial charge in [-0.05, 0) is 74.2 Å². The van der Waals surface area contributed by atoms with Crippen molar-refractivity contribution < 1.29 is 9.47 Å². The number of hydrogen-bond acceptors (Lipinski definition) is 4. The Labute approximate surface area is 144 Å². The zero-order valence-corrected chi connectivity index (χ0v) is 14.5. The zero-order valence-electron chi connectivity index (χ0n) is 14.5. The fourth-order valence-electron chi connectivity index (χ4n) is 2.66. The van der Waals surface area contributed by atoms with Gasteiger partial charge < -0.3 is 20.9 Å². The molecule has 0 saturated carbocycles. The number of benzene rings is 2. The zero-order chi connectivity index (χ0) is 17.2. The lowest BCUT2D eigenvalue weighted by molar-refractivity contribution is 0.296. The van der Waals surface area contributed by atoms with E-state index >= 15 is 0 Å². The molecular weight excluding hydrogens is 300 g/mol. The van der Waals surface area contributed by atoms with Crippen molar-refractivity contribution in [1.29, 1.82) is 0 Å². The fourth-order valence-corrected chi connectivity index (χ4v) is 2.66. The Bertz CT molecular complexity index is 629. The predicted molar refractivity (Wildman–Crippen MR) is 98.5 cm³/mol. The molecule has 0 amide bonds. The second kappa shape index (κ2) is 9.96. The van der Waals surface area contributed by atoms with Gasteiger partial charge in [0.2, 0.25) is 0 Å². The van der Waals surface area contributed by atoms with Crippen molar-refractivity contribution in [3.8, 4) is 11.5 Å². The lowest BCUT2D eigenvalue weighted by atomic mass is 10.1. The Hall–Kier alpha value is -2.04. The minimum atomic E-state index is 0.486. The van der Waals surface area contributed by atoms with E-state index in [-0.39, 0.29) is 0 Å². The molecule has 4 N–H and O–H groups in total. The molecule has 0 aliphatic heterocycles. The molecule has 0 aliphatic rings. The molecule has 4 heteroatoms. The van der Waals surface area contributed by atoms with Crippen LogP contribution in [0.2, 0.25) is 0 Å². The Balaban J connectivity index is 2.04. The van der Waals surface area contributed by atoms with Crippen LogP contribution in [0.1, 0.15) is 29.5 Å². The van der Waals surface area contributed by atoms with Crippen molar-refractivity contribution in [3.05, 3.63) is 59.2 Å². The molecule has 0 atom stereocenters. The van der Waals surface area contributed by atoms with Crippen LogP contribution >= 0.6 is 0 Å². The summed E-state index contributed by atoms with van der Waals surface area (Å²) in [5.41, 5.74) is 14.7. The molecule has 0 bridgehead atoms. The van der Waals surface area contributed by atoms with Gasteiger partial charge in [-0.1, -0.05) is 18.2 Å². The lowest BCUT2D eigenvalue weighted by Gasteiger charge is -2.13. The van der Waals surface area contributed by atoms with Gasteiger partial charge in [-0.25, -0.2) is 0 Å². The number of nitrogens with two attached hydrogens (primary N) is 2. The molecule has 2 aromatic carbocycles. The number of aryl methyl sites for hydroxylation is 2. The van der Waals surface area contributed by atoms with Gasteiger partial charge in [-0.3, -0.25) is 0 Å². The van der Waals surface area contributed by atoms with E-state index in [1.165, 1.54) is 11.1 Å². The van der Waals surface area contributed by atoms with Crippen molar-refractivity contribution >= 4 is 0 Å². The van der Waals surface area contributed by atoms with Crippen LogP contribution in [0.3, 0.4) is 0 Å². The SMILES string of the molecule is COc1ccc(CCCN)cc1COc1cccc(CCCN)c1. The summed E-state index contributed by atoms with van der Waals surface area (Å²) in [6.45, 7) is 1.89. The molecule has 2 rings (SSSR count). The summed E-state index contributed by atoms with van der Waals surface area (Å²) in [4.78, 5) is 0. The number of hydrogen-bond donors (Lipinski definition) is 2. The van der Waals surface area contributed by atoms with Gasteiger partial charge >= 0.3 is 0 Å². The van der Waals surface area contributed by atoms with Crippen molar-refractivity contribution in [2.24, 2.45) is 11.5 Å². The highest BCUT2D eigenvalue weighted by Gasteiger charge is 2.06. The van der Waals surface area contributed by atoms with Crippen LogP contribution in [-0.2, 0) is 19.4 Å². The smallest absolute Gasteiger partial charge is 0.125 e. The van der Waals surface area contributed by atoms with Gasteiger partial charge in [0.1, 0.15) is 18.1 Å². The van der Waals surface area contributed by atoms with E-state index < -0.39 is 0 Å². The van der Waals surface area contributed by atoms with Gasteiger partial charge in [0, 0.05) is 5.56 Å². The molecule has 4 nitrogen and oxygen atoms in total. The van der Waals surface area contributed by atoms with E-state index in [9.17, 15) is 0 Å². The van der Waals surface area contributed by atoms with E-state index in [0.717, 1.165) is 42.7 Å². The maximum absolute atomic E-state index is 5.98. The molecular formula is C20H28N2O2. The lowest BCUT2D eigenvalue weighted by Crippen LogP contribution is -2.03. The molecule has 0 heterocycles. The first kappa shape index (κ1) is 18.3. The highest BCUT2D eigenvalue weighted by molar-refractivity contribution is 5.38. The summed E-state index contributed by atoms with van der Waals surface area (Å²) in [5.74, 6) is 1.73. The summed E-state index contributed by atoms with van der Waals surface area (Å²) < 4.78 is 11.4. The summed E-state index contributed by atoms with van der Waals surface area (Å²) in [6.07, 6.45) is 3.92. The first-order chi connectivity index (χ1) is 11.8. The van der Waals surface area contributed by atoms with Crippen LogP contribution in [0.25, 0.3) is 0 Å². The van der Waals surface area contributed by atoms with Gasteiger partial charge in [0.05, 0.1) is 7.11 Å². The minimum absolute atomic E-state index is 0.486. The van der Waals surface area contributed by atoms with E-state index in [1.807, 2.05) is 18.2 Å². The number of ether oxygens (including phenoxy) is 2. The van der Waals surface area contributed by atoms with E-state index in [2.05, 4.69) is 24.3 Å². The van der Waals surface area contributed by atoms with Crippen LogP contribution < -0.4 is 20.9 Å². The number of methoxy groups -OCH3 is 1. The second-order valence-electron chi connectivity index (χ2n) is 5.87. The van der Waals surface area contributed by atoms with Crippen LogP contribution in [0, 0.1) is 0 Å². The van der Waals surface area contributed by atoms with Crippen molar-refractivity contribution in [1.82, 2.24) is 0 Å². The van der Waals surface area contributed by atoms with Crippen LogP contribution in [-0.4, -0.2) is 20.2 Å². The first-order valence-electron chi connectivity index (χ1n) is 8.54. The summed E-state index contributed by atoms with van der Waals surface area (Å²) >= 11 is 0. The first-order valence-corrected chi connectivity index (χ1v) is 8.54. The Morgan fingerprint density at radius 3 is 2.25 bits per heavy atom. The van der Waals surface area contributed by atoms with Gasteiger partial charge in [0.15, 0.2) is 0 Å². The van der Waals surface area contributed by atoms with Crippen molar-refractivity contribution in [3.63, 3.8) is 0 Å². The van der Waals surface area contributed by atoms with Crippen molar-refractivity contribution in [2.45, 2.75) is 32.3 Å². The Morgan fingerprint density at radius 1 is 0.875 bits per heavy atom. The Morgan fingerprint density at radius 2 is 1.58 bits per heavy atom. The molecule has 2 aromatic rings. The largest absolute Gasteiger partial charge is 0.496 e. The van der Waals surface area contributed by atoms with Gasteiger partial charge in [0.25, 0.3) is 0 Å². The fraction of sp³-hybridized carbons (Fsp3) is 0.400. The normalized spacial score (nSPS) is 10.6. The van der Waals surface area contributed by atoms with Crippen LogP contribution in [0.5, 0.6) is 11.5 Å². The molecule has 0 saturated heterocycles. The maximum Gasteiger partial charge on any atom is 0.125 e. The third-order valence-electron chi connectivity index (χ3n) is 3.98. The summed E-state index contributed by atoms with van der Waals surface area (Å²) in [7, 11) is 1.69. The predicted octanol–water partition coefficient (Wildman–Crippen LogP) is 3.06. The Kier molecular flexibility index (Phi) is 7.59. The standard InChI is InChI=1S/C20H28N2O2/c1-23-20-10-9-17(7-4-12-22)13-18(20)15-24-19-8-2-5-16(14-19)6-3-11-21/h2,5,8-10,13-14H,3-4,6-7,11-12,15,21-22H2,1H3. The summed E-state index contributed by atoms with van der Waals surface area (Å²) in [5, 5.41) is 0. The third kappa shape index (κ3) is 5.55. The highest BCUT2D eigenvalue weighted by atomic mass is 16.5. The quantitative estimate of drug-likeness (QED) is 0.703. The minimum Gasteiger partial charge on any atom is -0.496 e. The molecule has 0 aliphatic carbocycles. The van der Waals surface area contributed by atoms with E-state index in [0.29, 0.717) is 19.7 Å². The molecule has 0 spiro atoms. The van der Waals surface area contributed by atoms with Gasteiger partial charge in [-0.2, -0.15) is 0 Å². The highest BCUT2D eigenvalue weighted by Crippen LogP contribution is 2.23. The number of rotatable bonds is 10. The molecule has 0 fully saturated rings. The second-order valence-corrected chi connectivity index (χ2v) is 5.87. The molecule has 0 radical (unpaired) electrons. The third-order valence-corrected chi connectivity index (χ3v) is 3.98. The molecule has 0 unspecified atom stereocenters. The van der Waals surface area contributed by atoms with Crippen LogP contribution in [0.15, 0.2) is 42.5 Å².